The monoisotopic (exact) mass is 389 g/mol. The van der Waals surface area contributed by atoms with Crippen molar-refractivity contribution < 1.29 is 9.13 Å². The van der Waals surface area contributed by atoms with Gasteiger partial charge in [0.1, 0.15) is 5.01 Å². The van der Waals surface area contributed by atoms with Gasteiger partial charge in [0.05, 0.1) is 19.0 Å². The molecule has 2 heterocycles. The van der Waals surface area contributed by atoms with Crippen molar-refractivity contribution in [2.24, 2.45) is 0 Å². The number of benzene rings is 1. The standard InChI is InChI=1S/C21H28FN3OS/c1-24(12-13-26-2)14-17-16-27-21(23-17)19-15-25(11-7-3-6-10-22)20-9-5-4-8-18(19)20/h4-5,8-9,15-16H,3,6-7,10-14H2,1-2H3. The van der Waals surface area contributed by atoms with E-state index >= 15 is 0 Å². The predicted molar refractivity (Wildman–Crippen MR) is 111 cm³/mol. The average Bonchev–Trinajstić information content (AvgIpc) is 3.28. The van der Waals surface area contributed by atoms with E-state index < -0.39 is 0 Å². The summed E-state index contributed by atoms with van der Waals surface area (Å²) in [5.74, 6) is 0. The van der Waals surface area contributed by atoms with Crippen LogP contribution in [0.25, 0.3) is 21.5 Å². The number of hydrogen-bond donors (Lipinski definition) is 0. The second-order valence-electron chi connectivity index (χ2n) is 6.88. The fourth-order valence-corrected chi connectivity index (χ4v) is 4.10. The third-order valence-corrected chi connectivity index (χ3v) is 5.64. The molecule has 2 aromatic heterocycles. The molecule has 0 amide bonds. The molecule has 0 fully saturated rings. The zero-order chi connectivity index (χ0) is 19.1. The lowest BCUT2D eigenvalue weighted by Crippen LogP contribution is -2.22. The molecule has 0 spiro atoms. The van der Waals surface area contributed by atoms with E-state index in [-0.39, 0.29) is 6.67 Å². The number of halogens is 1. The summed E-state index contributed by atoms with van der Waals surface area (Å²) in [6.45, 7) is 3.13. The number of alkyl halides is 1. The largest absolute Gasteiger partial charge is 0.383 e. The fraction of sp³-hybridized carbons (Fsp3) is 0.476. The lowest BCUT2D eigenvalue weighted by Gasteiger charge is -2.13. The van der Waals surface area contributed by atoms with Gasteiger partial charge in [-0.25, -0.2) is 4.98 Å². The number of hydrogen-bond acceptors (Lipinski definition) is 4. The van der Waals surface area contributed by atoms with E-state index in [9.17, 15) is 4.39 Å². The van der Waals surface area contributed by atoms with Crippen molar-refractivity contribution in [3.8, 4) is 10.6 Å². The van der Waals surface area contributed by atoms with Crippen LogP contribution in [0.15, 0.2) is 35.8 Å². The maximum Gasteiger partial charge on any atom is 0.125 e. The normalized spacial score (nSPS) is 11.7. The minimum Gasteiger partial charge on any atom is -0.383 e. The zero-order valence-corrected chi connectivity index (χ0v) is 17.0. The van der Waals surface area contributed by atoms with Crippen molar-refractivity contribution in [2.75, 3.05) is 34.0 Å². The van der Waals surface area contributed by atoms with Crippen LogP contribution in [0.1, 0.15) is 25.0 Å². The number of rotatable bonds is 11. The Morgan fingerprint density at radius 3 is 2.89 bits per heavy atom. The molecular weight excluding hydrogens is 361 g/mol. The topological polar surface area (TPSA) is 30.3 Å². The number of aryl methyl sites for hydroxylation is 1. The van der Waals surface area contributed by atoms with Gasteiger partial charge in [-0.1, -0.05) is 18.2 Å². The molecule has 0 aliphatic heterocycles. The van der Waals surface area contributed by atoms with Gasteiger partial charge in [-0.2, -0.15) is 0 Å². The number of thiazole rings is 1. The van der Waals surface area contributed by atoms with Crippen LogP contribution in [0.2, 0.25) is 0 Å². The van der Waals surface area contributed by atoms with Gasteiger partial charge in [-0.3, -0.25) is 9.29 Å². The number of unbranched alkanes of at least 4 members (excludes halogenated alkanes) is 2. The van der Waals surface area contributed by atoms with E-state index in [4.69, 9.17) is 9.72 Å². The van der Waals surface area contributed by atoms with Gasteiger partial charge in [-0.05, 0) is 32.4 Å². The number of nitrogens with zero attached hydrogens (tertiary/aromatic N) is 3. The highest BCUT2D eigenvalue weighted by Crippen LogP contribution is 2.33. The molecule has 3 rings (SSSR count). The Hall–Kier alpha value is -1.76. The summed E-state index contributed by atoms with van der Waals surface area (Å²) in [5, 5.41) is 4.44. The molecule has 3 aromatic rings. The van der Waals surface area contributed by atoms with E-state index in [1.54, 1.807) is 18.4 Å². The number of ether oxygens (including phenoxy) is 1. The SMILES string of the molecule is COCCN(C)Cc1csc(-c2cn(CCCCCF)c3ccccc23)n1. The van der Waals surface area contributed by atoms with Crippen molar-refractivity contribution in [3.05, 3.63) is 41.5 Å². The van der Waals surface area contributed by atoms with E-state index in [1.807, 2.05) is 0 Å². The quantitative estimate of drug-likeness (QED) is 0.433. The first-order valence-electron chi connectivity index (χ1n) is 9.49. The van der Waals surface area contributed by atoms with Gasteiger partial charge in [-0.15, -0.1) is 11.3 Å². The van der Waals surface area contributed by atoms with Crippen LogP contribution in [-0.4, -0.2) is 48.4 Å². The predicted octanol–water partition coefficient (Wildman–Crippen LogP) is 4.98. The molecule has 146 valence electrons. The molecule has 0 atom stereocenters. The minimum absolute atomic E-state index is 0.224. The number of methoxy groups -OCH3 is 1. The minimum atomic E-state index is -0.224. The molecule has 0 radical (unpaired) electrons. The van der Waals surface area contributed by atoms with Gasteiger partial charge < -0.3 is 9.30 Å². The van der Waals surface area contributed by atoms with Gasteiger partial charge in [0.25, 0.3) is 0 Å². The summed E-state index contributed by atoms with van der Waals surface area (Å²) in [6.07, 6.45) is 4.78. The van der Waals surface area contributed by atoms with Crippen LogP contribution >= 0.6 is 11.3 Å². The van der Waals surface area contributed by atoms with Gasteiger partial charge >= 0.3 is 0 Å². The van der Waals surface area contributed by atoms with Gasteiger partial charge in [0, 0.05) is 54.8 Å². The lowest BCUT2D eigenvalue weighted by atomic mass is 10.2. The van der Waals surface area contributed by atoms with Crippen molar-refractivity contribution in [3.63, 3.8) is 0 Å². The van der Waals surface area contributed by atoms with Crippen molar-refractivity contribution >= 4 is 22.2 Å². The van der Waals surface area contributed by atoms with Crippen LogP contribution < -0.4 is 0 Å². The second-order valence-corrected chi connectivity index (χ2v) is 7.74. The Kier molecular flexibility index (Phi) is 7.38. The van der Waals surface area contributed by atoms with Crippen molar-refractivity contribution in [1.82, 2.24) is 14.5 Å². The molecule has 0 N–H and O–H groups in total. The number of likely N-dealkylation sites (N-methyl/N-ethyl adjacent to an activating group) is 1. The molecule has 0 aliphatic rings. The molecule has 4 nitrogen and oxygen atoms in total. The van der Waals surface area contributed by atoms with Crippen molar-refractivity contribution in [1.29, 1.82) is 0 Å². The zero-order valence-electron chi connectivity index (χ0n) is 16.2. The van der Waals surface area contributed by atoms with E-state index in [0.717, 1.165) is 49.8 Å². The summed E-state index contributed by atoms with van der Waals surface area (Å²) < 4.78 is 19.8. The fourth-order valence-electron chi connectivity index (χ4n) is 3.26. The Labute approximate surface area is 164 Å². The Morgan fingerprint density at radius 2 is 2.07 bits per heavy atom. The van der Waals surface area contributed by atoms with Crippen molar-refractivity contribution in [2.45, 2.75) is 32.4 Å². The second kappa shape index (κ2) is 9.97. The first-order chi connectivity index (χ1) is 13.2. The van der Waals surface area contributed by atoms with Crippen LogP contribution in [0.3, 0.4) is 0 Å². The highest BCUT2D eigenvalue weighted by molar-refractivity contribution is 7.13. The third kappa shape index (κ3) is 5.15. The van der Waals surface area contributed by atoms with Crippen LogP contribution in [0.5, 0.6) is 0 Å². The molecule has 6 heteroatoms. The molecule has 27 heavy (non-hydrogen) atoms. The lowest BCUT2D eigenvalue weighted by molar-refractivity contribution is 0.158. The first-order valence-corrected chi connectivity index (χ1v) is 10.4. The maximum absolute atomic E-state index is 12.3. The summed E-state index contributed by atoms with van der Waals surface area (Å²) in [7, 11) is 3.81. The summed E-state index contributed by atoms with van der Waals surface area (Å²) in [4.78, 5) is 7.09. The Bertz CT molecular complexity index is 845. The highest BCUT2D eigenvalue weighted by Gasteiger charge is 2.14. The third-order valence-electron chi connectivity index (χ3n) is 4.71. The van der Waals surface area contributed by atoms with Gasteiger partial charge in [0.15, 0.2) is 0 Å². The Balaban J connectivity index is 1.78. The molecule has 0 aliphatic carbocycles. The van der Waals surface area contributed by atoms with Crippen LogP contribution in [-0.2, 0) is 17.8 Å². The molecule has 0 unspecified atom stereocenters. The number of para-hydroxylation sites is 1. The average molecular weight is 390 g/mol. The smallest absolute Gasteiger partial charge is 0.125 e. The van der Waals surface area contributed by atoms with E-state index in [1.165, 1.54) is 16.5 Å². The molecule has 1 aromatic carbocycles. The van der Waals surface area contributed by atoms with Crippen LogP contribution in [0.4, 0.5) is 4.39 Å². The molecule has 0 saturated carbocycles. The highest BCUT2D eigenvalue weighted by atomic mass is 32.1. The van der Waals surface area contributed by atoms with E-state index in [2.05, 4.69) is 52.4 Å². The van der Waals surface area contributed by atoms with E-state index in [0.29, 0.717) is 6.42 Å². The number of fused-ring (bicyclic) bond motifs is 1. The number of aromatic nitrogens is 2. The Morgan fingerprint density at radius 1 is 1.22 bits per heavy atom. The molecular formula is C21H28FN3OS. The summed E-state index contributed by atoms with van der Waals surface area (Å²) in [5.41, 5.74) is 3.50. The maximum atomic E-state index is 12.3. The summed E-state index contributed by atoms with van der Waals surface area (Å²) >= 11 is 1.70. The van der Waals surface area contributed by atoms with Gasteiger partial charge in [0.2, 0.25) is 0 Å². The summed E-state index contributed by atoms with van der Waals surface area (Å²) in [6, 6.07) is 8.46. The molecule has 0 bridgehead atoms. The van der Waals surface area contributed by atoms with Crippen LogP contribution in [0, 0.1) is 0 Å². The first kappa shape index (κ1) is 20.0. The molecule has 0 saturated heterocycles.